The first-order valence-electron chi connectivity index (χ1n) is 2.96. The van der Waals surface area contributed by atoms with E-state index in [0.717, 1.165) is 19.4 Å². The van der Waals surface area contributed by atoms with Gasteiger partial charge in [0.25, 0.3) is 0 Å². The summed E-state index contributed by atoms with van der Waals surface area (Å²) in [6, 6.07) is -0.255. The Bertz CT molecular complexity index is 133. The van der Waals surface area contributed by atoms with Crippen molar-refractivity contribution in [2.24, 2.45) is 0 Å². The van der Waals surface area contributed by atoms with Gasteiger partial charge in [0.05, 0.1) is 0 Å². The Hall–Kier alpha value is 0.496. The zero-order chi connectivity index (χ0) is 6.85. The molecule has 1 N–H and O–H groups in total. The molecule has 0 aromatic rings. The molecule has 3 radical (unpaired) electrons. The number of rotatable bonds is 1. The number of hydrogen-bond acceptors (Lipinski definition) is 2. The largest absolute Gasteiger partial charge is 0.480 e. The number of aliphatic carboxylic acids is 1. The van der Waals surface area contributed by atoms with Gasteiger partial charge in [-0.3, -0.25) is 9.46 Å². The molecule has 1 fully saturated rings. The molecule has 0 aliphatic carbocycles. The molecule has 1 heterocycles. The minimum atomic E-state index is -0.706. The first-order chi connectivity index (χ1) is 4.22. The fourth-order valence-electron chi connectivity index (χ4n) is 1.05. The van der Waals surface area contributed by atoms with Crippen LogP contribution >= 0.6 is 9.39 Å². The van der Waals surface area contributed by atoms with Gasteiger partial charge in [0.1, 0.15) is 6.04 Å². The van der Waals surface area contributed by atoms with Gasteiger partial charge in [0.2, 0.25) is 0 Å². The topological polar surface area (TPSA) is 40.5 Å². The number of hydrogen-bond donors (Lipinski definition) is 1. The van der Waals surface area contributed by atoms with E-state index in [-0.39, 0.29) is 25.8 Å². The molecule has 2 atom stereocenters. The summed E-state index contributed by atoms with van der Waals surface area (Å²) in [5.74, 6) is -0.706. The molecule has 1 unspecified atom stereocenters. The van der Waals surface area contributed by atoms with Gasteiger partial charge in [-0.1, -0.05) is 9.39 Å². The van der Waals surface area contributed by atoms with Crippen LogP contribution in [0.3, 0.4) is 0 Å². The maximum Gasteiger partial charge on any atom is 0.321 e. The third-order valence-electron chi connectivity index (χ3n) is 1.58. The summed E-state index contributed by atoms with van der Waals surface area (Å²) in [5.41, 5.74) is 0. The zero-order valence-electron chi connectivity index (χ0n) is 5.66. The Morgan fingerprint density at radius 2 is 2.30 bits per heavy atom. The Labute approximate surface area is 75.5 Å². The summed E-state index contributed by atoms with van der Waals surface area (Å²) in [4.78, 5) is 10.4. The second kappa shape index (κ2) is 4.39. The normalized spacial score (nSPS) is 25.9. The average Bonchev–Trinajstić information content (AvgIpc) is 2.13. The third kappa shape index (κ3) is 2.27. The van der Waals surface area contributed by atoms with Gasteiger partial charge in [-0.25, -0.2) is 0 Å². The number of carboxylic acid groups (broad SMARTS) is 1. The summed E-state index contributed by atoms with van der Waals surface area (Å²) in [7, 11) is 2.43. The van der Waals surface area contributed by atoms with Crippen LogP contribution in [-0.4, -0.2) is 48.1 Å². The molecule has 0 saturated carbocycles. The maximum absolute atomic E-state index is 10.4. The van der Waals surface area contributed by atoms with Crippen molar-refractivity contribution in [2.75, 3.05) is 6.54 Å². The number of carboxylic acids is 1. The SMILES string of the molecule is O=C(O)[C@@H]1CCCN1P.[Ga]. The second-order valence-corrected chi connectivity index (χ2v) is 2.90. The predicted octanol–water partition coefficient (Wildman–Crippen LogP) is -0.0553. The summed E-state index contributed by atoms with van der Waals surface area (Å²) in [6.07, 6.45) is 1.79. The van der Waals surface area contributed by atoms with Crippen molar-refractivity contribution in [3.63, 3.8) is 0 Å². The van der Waals surface area contributed by atoms with E-state index in [0.29, 0.717) is 0 Å². The van der Waals surface area contributed by atoms with Gasteiger partial charge in [0.15, 0.2) is 0 Å². The molecule has 0 bridgehead atoms. The quantitative estimate of drug-likeness (QED) is 0.494. The van der Waals surface area contributed by atoms with Gasteiger partial charge < -0.3 is 5.11 Å². The molecule has 1 aliphatic heterocycles. The standard InChI is InChI=1S/C5H10NO2P.Ga/c7-5(8)4-2-1-3-6(4)9;/h4H,1-3,9H2,(H,7,8);/t4-;/m0./s1. The van der Waals surface area contributed by atoms with E-state index in [2.05, 4.69) is 9.39 Å². The molecule has 0 amide bonds. The third-order valence-corrected chi connectivity index (χ3v) is 2.20. The van der Waals surface area contributed by atoms with Crippen molar-refractivity contribution < 1.29 is 9.90 Å². The van der Waals surface area contributed by atoms with Crippen molar-refractivity contribution in [1.29, 1.82) is 0 Å². The van der Waals surface area contributed by atoms with E-state index in [1.54, 1.807) is 4.67 Å². The first-order valence-corrected chi connectivity index (χ1v) is 3.47. The zero-order valence-corrected chi connectivity index (χ0v) is 9.23. The number of nitrogens with zero attached hydrogens (tertiary/aromatic N) is 1. The Morgan fingerprint density at radius 3 is 2.50 bits per heavy atom. The van der Waals surface area contributed by atoms with Crippen LogP contribution in [0.15, 0.2) is 0 Å². The van der Waals surface area contributed by atoms with E-state index < -0.39 is 5.97 Å². The van der Waals surface area contributed by atoms with Gasteiger partial charge in [-0.15, -0.1) is 0 Å². The monoisotopic (exact) mass is 216 g/mol. The Balaban J connectivity index is 0.000000810. The molecule has 1 aliphatic rings. The molecular formula is C5H10GaNO2P. The minimum Gasteiger partial charge on any atom is -0.480 e. The molecule has 10 heavy (non-hydrogen) atoms. The molecule has 55 valence electrons. The van der Waals surface area contributed by atoms with Crippen LogP contribution in [0.1, 0.15) is 12.8 Å². The summed E-state index contributed by atoms with van der Waals surface area (Å²) < 4.78 is 1.79. The fraction of sp³-hybridized carbons (Fsp3) is 0.800. The van der Waals surface area contributed by atoms with E-state index in [1.165, 1.54) is 0 Å². The Morgan fingerprint density at radius 1 is 1.70 bits per heavy atom. The van der Waals surface area contributed by atoms with Crippen LogP contribution in [-0.2, 0) is 4.79 Å². The summed E-state index contributed by atoms with van der Waals surface area (Å²) in [5, 5.41) is 8.53. The van der Waals surface area contributed by atoms with Crippen LogP contribution in [0.2, 0.25) is 0 Å². The van der Waals surface area contributed by atoms with Gasteiger partial charge in [-0.05, 0) is 12.8 Å². The molecule has 1 saturated heterocycles. The van der Waals surface area contributed by atoms with E-state index >= 15 is 0 Å². The van der Waals surface area contributed by atoms with Gasteiger partial charge in [-0.2, -0.15) is 0 Å². The molecule has 0 spiro atoms. The predicted molar refractivity (Wildman–Crippen MR) is 42.8 cm³/mol. The molecule has 5 heteroatoms. The van der Waals surface area contributed by atoms with Crippen molar-refractivity contribution >= 4 is 35.2 Å². The molecule has 0 aromatic heterocycles. The fourth-order valence-corrected chi connectivity index (χ4v) is 1.51. The van der Waals surface area contributed by atoms with Crippen LogP contribution < -0.4 is 0 Å². The number of carbonyl (C=O) groups is 1. The van der Waals surface area contributed by atoms with Crippen LogP contribution in [0.4, 0.5) is 0 Å². The Kier molecular flexibility index (Phi) is 4.61. The van der Waals surface area contributed by atoms with E-state index in [1.807, 2.05) is 0 Å². The van der Waals surface area contributed by atoms with Crippen molar-refractivity contribution in [3.05, 3.63) is 0 Å². The van der Waals surface area contributed by atoms with E-state index in [9.17, 15) is 4.79 Å². The van der Waals surface area contributed by atoms with Crippen molar-refractivity contribution in [2.45, 2.75) is 18.9 Å². The van der Waals surface area contributed by atoms with Gasteiger partial charge in [0, 0.05) is 26.3 Å². The smallest absolute Gasteiger partial charge is 0.321 e. The molecular weight excluding hydrogens is 207 g/mol. The van der Waals surface area contributed by atoms with E-state index in [4.69, 9.17) is 5.11 Å². The average molecular weight is 217 g/mol. The van der Waals surface area contributed by atoms with Crippen LogP contribution in [0.25, 0.3) is 0 Å². The summed E-state index contributed by atoms with van der Waals surface area (Å²) in [6.45, 7) is 0.891. The van der Waals surface area contributed by atoms with Crippen LogP contribution in [0.5, 0.6) is 0 Å². The second-order valence-electron chi connectivity index (χ2n) is 2.23. The summed E-state index contributed by atoms with van der Waals surface area (Å²) >= 11 is 0. The van der Waals surface area contributed by atoms with Crippen LogP contribution in [0, 0.1) is 0 Å². The first kappa shape index (κ1) is 10.5. The maximum atomic E-state index is 10.4. The molecule has 0 aromatic carbocycles. The van der Waals surface area contributed by atoms with Crippen molar-refractivity contribution in [3.8, 4) is 0 Å². The molecule has 3 nitrogen and oxygen atoms in total. The molecule has 1 rings (SSSR count). The minimum absolute atomic E-state index is 0. The van der Waals surface area contributed by atoms with Crippen molar-refractivity contribution in [1.82, 2.24) is 4.67 Å². The van der Waals surface area contributed by atoms with Gasteiger partial charge >= 0.3 is 5.97 Å².